The predicted octanol–water partition coefficient (Wildman–Crippen LogP) is 4.36. The van der Waals surface area contributed by atoms with Gasteiger partial charge in [-0.05, 0) is 24.3 Å². The fourth-order valence-corrected chi connectivity index (χ4v) is 4.59. The van der Waals surface area contributed by atoms with Gasteiger partial charge < -0.3 is 5.32 Å². The van der Waals surface area contributed by atoms with Crippen LogP contribution in [-0.4, -0.2) is 40.4 Å². The van der Waals surface area contributed by atoms with Crippen LogP contribution in [0.5, 0.6) is 0 Å². The highest BCUT2D eigenvalue weighted by molar-refractivity contribution is 7.12. The van der Waals surface area contributed by atoms with Gasteiger partial charge >= 0.3 is 11.8 Å². The van der Waals surface area contributed by atoms with Gasteiger partial charge in [0.25, 0.3) is 11.8 Å². The van der Waals surface area contributed by atoms with Crippen LogP contribution in [0.4, 0.5) is 13.2 Å². The topological polar surface area (TPSA) is 61.8 Å². The number of benzene rings is 1. The molecule has 0 radical (unpaired) electrons. The first-order valence-electron chi connectivity index (χ1n) is 9.75. The lowest BCUT2D eigenvalue weighted by Gasteiger charge is -2.34. The van der Waals surface area contributed by atoms with Crippen LogP contribution in [0.2, 0.25) is 0 Å². The largest absolute Gasteiger partial charge is 0.442 e. The van der Waals surface area contributed by atoms with Crippen LogP contribution < -0.4 is 5.32 Å². The molecule has 2 amide bonds. The number of nitrogens with one attached hydrogen (secondary N) is 1. The van der Waals surface area contributed by atoms with Crippen LogP contribution in [0.3, 0.4) is 0 Å². The molecule has 0 saturated heterocycles. The second kappa shape index (κ2) is 7.86. The van der Waals surface area contributed by atoms with Crippen molar-refractivity contribution in [2.75, 3.05) is 0 Å². The first kappa shape index (κ1) is 20.6. The first-order valence-corrected chi connectivity index (χ1v) is 10.6. The molecule has 9 heteroatoms. The van der Waals surface area contributed by atoms with E-state index in [0.717, 1.165) is 35.5 Å². The Morgan fingerprint density at radius 3 is 2.40 bits per heavy atom. The Morgan fingerprint density at radius 2 is 1.80 bits per heavy atom. The van der Waals surface area contributed by atoms with Crippen LogP contribution in [-0.2, 0) is 4.79 Å². The average Bonchev–Trinajstić information content (AvgIpc) is 3.37. The monoisotopic (exact) mass is 435 g/mol. The molecule has 158 valence electrons. The smallest absolute Gasteiger partial charge is 0.311 e. The highest BCUT2D eigenvalue weighted by Gasteiger charge is 2.67. The fourth-order valence-electron chi connectivity index (χ4n) is 3.97. The number of hydrogen-bond donors (Lipinski definition) is 1. The van der Waals surface area contributed by atoms with Gasteiger partial charge in [0, 0.05) is 11.6 Å². The molecule has 1 unspecified atom stereocenters. The highest BCUT2D eigenvalue weighted by Crippen LogP contribution is 2.41. The number of amidine groups is 1. The molecule has 1 aromatic heterocycles. The van der Waals surface area contributed by atoms with E-state index in [2.05, 4.69) is 4.99 Å². The second-order valence-electron chi connectivity index (χ2n) is 7.41. The number of rotatable bonds is 4. The van der Waals surface area contributed by atoms with E-state index in [-0.39, 0.29) is 16.8 Å². The zero-order valence-electron chi connectivity index (χ0n) is 16.0. The maximum atomic E-state index is 14.3. The van der Waals surface area contributed by atoms with Crippen LogP contribution in [0.1, 0.15) is 47.3 Å². The van der Waals surface area contributed by atoms with E-state index >= 15 is 0 Å². The van der Waals surface area contributed by atoms with Gasteiger partial charge in [-0.2, -0.15) is 13.2 Å². The molecule has 4 rings (SSSR count). The summed E-state index contributed by atoms with van der Waals surface area (Å²) in [6, 6.07) is 10.9. The van der Waals surface area contributed by atoms with Gasteiger partial charge in [0.05, 0.1) is 4.88 Å². The highest BCUT2D eigenvalue weighted by atomic mass is 32.1. The zero-order chi connectivity index (χ0) is 21.4. The van der Waals surface area contributed by atoms with Crippen molar-refractivity contribution in [2.45, 2.75) is 50.0 Å². The maximum Gasteiger partial charge on any atom is 0.442 e. The Labute approximate surface area is 175 Å². The molecule has 1 aliphatic heterocycles. The molecule has 0 bridgehead atoms. The van der Waals surface area contributed by atoms with Crippen LogP contribution in [0, 0.1) is 0 Å². The Bertz CT molecular complexity index is 954. The normalized spacial score (nSPS) is 22.8. The quantitative estimate of drug-likeness (QED) is 0.776. The van der Waals surface area contributed by atoms with Gasteiger partial charge in [-0.15, -0.1) is 11.3 Å². The minimum absolute atomic E-state index is 0.0451. The lowest BCUT2D eigenvalue weighted by molar-refractivity contribution is -0.196. The molecular weight excluding hydrogens is 415 g/mol. The number of amides is 2. The SMILES string of the molecule is O=C(NC1(C(F)(F)F)N=C(c2ccccc2)N(C2CCCCC2)C1=O)c1cccs1. The molecule has 2 heterocycles. The van der Waals surface area contributed by atoms with Gasteiger partial charge in [0.2, 0.25) is 0 Å². The molecule has 30 heavy (non-hydrogen) atoms. The summed E-state index contributed by atoms with van der Waals surface area (Å²) >= 11 is 0.998. The summed E-state index contributed by atoms with van der Waals surface area (Å²) in [5.74, 6) is -2.26. The summed E-state index contributed by atoms with van der Waals surface area (Å²) in [6.45, 7) is 0. The Hall–Kier alpha value is -2.68. The molecule has 1 fully saturated rings. The van der Waals surface area contributed by atoms with Crippen molar-refractivity contribution in [3.8, 4) is 0 Å². The summed E-state index contributed by atoms with van der Waals surface area (Å²) in [5.41, 5.74) is -2.93. The van der Waals surface area contributed by atoms with Crippen molar-refractivity contribution in [3.05, 3.63) is 58.3 Å². The molecule has 1 aromatic carbocycles. The number of hydrogen-bond acceptors (Lipinski definition) is 4. The Balaban J connectivity index is 1.81. The summed E-state index contributed by atoms with van der Waals surface area (Å²) in [4.78, 5) is 31.0. The van der Waals surface area contributed by atoms with Crippen molar-refractivity contribution in [3.63, 3.8) is 0 Å². The molecule has 5 nitrogen and oxygen atoms in total. The number of nitrogens with zero attached hydrogens (tertiary/aromatic N) is 2. The number of aliphatic imine (C=N–C) groups is 1. The van der Waals surface area contributed by atoms with E-state index in [1.807, 2.05) is 5.32 Å². The van der Waals surface area contributed by atoms with Crippen LogP contribution >= 0.6 is 11.3 Å². The number of thiophene rings is 1. The maximum absolute atomic E-state index is 14.3. The van der Waals surface area contributed by atoms with E-state index in [1.54, 1.807) is 41.8 Å². The fraction of sp³-hybridized carbons (Fsp3) is 0.381. The summed E-state index contributed by atoms with van der Waals surface area (Å²) in [7, 11) is 0. The van der Waals surface area contributed by atoms with Crippen LogP contribution in [0.15, 0.2) is 52.8 Å². The number of carbonyl (C=O) groups excluding carboxylic acids is 2. The molecular formula is C21H20F3N3O2S. The van der Waals surface area contributed by atoms with Crippen molar-refractivity contribution in [1.82, 2.24) is 10.2 Å². The van der Waals surface area contributed by atoms with Crippen molar-refractivity contribution in [1.29, 1.82) is 0 Å². The lowest BCUT2D eigenvalue weighted by Crippen LogP contribution is -2.64. The van der Waals surface area contributed by atoms with E-state index < -0.39 is 23.7 Å². The summed E-state index contributed by atoms with van der Waals surface area (Å²) in [6.07, 6.45) is -1.25. The second-order valence-corrected chi connectivity index (χ2v) is 8.36. The molecule has 1 saturated carbocycles. The third-order valence-corrected chi connectivity index (χ3v) is 6.32. The van der Waals surface area contributed by atoms with Crippen molar-refractivity contribution < 1.29 is 22.8 Å². The molecule has 2 aliphatic rings. The number of alkyl halides is 3. The predicted molar refractivity (Wildman–Crippen MR) is 107 cm³/mol. The van der Waals surface area contributed by atoms with Crippen molar-refractivity contribution in [2.24, 2.45) is 4.99 Å². The molecule has 1 N–H and O–H groups in total. The standard InChI is InChI=1S/C21H20F3N3O2S/c22-21(23,24)20(26-18(28)16-12-7-13-30-16)19(29)27(15-10-5-2-6-11-15)17(25-20)14-8-3-1-4-9-14/h1,3-4,7-9,12-13,15H,2,5-6,10-11H2,(H,26,28). The lowest BCUT2D eigenvalue weighted by atomic mass is 9.93. The average molecular weight is 435 g/mol. The molecule has 0 spiro atoms. The molecule has 2 aromatic rings. The summed E-state index contributed by atoms with van der Waals surface area (Å²) < 4.78 is 43.0. The third-order valence-electron chi connectivity index (χ3n) is 5.45. The minimum atomic E-state index is -5.10. The van der Waals surface area contributed by atoms with Crippen molar-refractivity contribution >= 4 is 29.0 Å². The third kappa shape index (κ3) is 3.51. The van der Waals surface area contributed by atoms with Gasteiger partial charge in [0.15, 0.2) is 0 Å². The van der Waals surface area contributed by atoms with Gasteiger partial charge in [-0.1, -0.05) is 55.7 Å². The van der Waals surface area contributed by atoms with Gasteiger partial charge in [0.1, 0.15) is 5.84 Å². The van der Waals surface area contributed by atoms with E-state index in [0.29, 0.717) is 18.4 Å². The zero-order valence-corrected chi connectivity index (χ0v) is 16.8. The van der Waals surface area contributed by atoms with Gasteiger partial charge in [-0.25, -0.2) is 4.99 Å². The first-order chi connectivity index (χ1) is 14.3. The van der Waals surface area contributed by atoms with E-state index in [1.165, 1.54) is 6.07 Å². The van der Waals surface area contributed by atoms with Gasteiger partial charge in [-0.3, -0.25) is 14.5 Å². The Kier molecular flexibility index (Phi) is 5.40. The number of carbonyl (C=O) groups is 2. The van der Waals surface area contributed by atoms with E-state index in [4.69, 9.17) is 0 Å². The summed E-state index contributed by atoms with van der Waals surface area (Å²) in [5, 5.41) is 3.50. The Morgan fingerprint density at radius 1 is 1.10 bits per heavy atom. The molecule has 1 aliphatic carbocycles. The van der Waals surface area contributed by atoms with Crippen LogP contribution in [0.25, 0.3) is 0 Å². The van der Waals surface area contributed by atoms with E-state index in [9.17, 15) is 22.8 Å². The molecule has 1 atom stereocenters. The minimum Gasteiger partial charge on any atom is -0.311 e. The number of halogens is 3.